The molecular weight excluding hydrogens is 252 g/mol. The molecule has 4 heteroatoms. The third-order valence-corrected chi connectivity index (χ3v) is 5.06. The fraction of sp³-hybridized carbons (Fsp3) is 0.938. The van der Waals surface area contributed by atoms with E-state index in [0.717, 1.165) is 43.9 Å². The van der Waals surface area contributed by atoms with Crippen LogP contribution < -0.4 is 0 Å². The summed E-state index contributed by atoms with van der Waals surface area (Å²) in [4.78, 5) is 15.3. The van der Waals surface area contributed by atoms with E-state index in [-0.39, 0.29) is 6.54 Å². The van der Waals surface area contributed by atoms with Crippen LogP contribution in [-0.4, -0.2) is 53.7 Å². The largest absolute Gasteiger partial charge is 0.480 e. The highest BCUT2D eigenvalue weighted by atomic mass is 16.4. The zero-order chi connectivity index (χ0) is 14.5. The van der Waals surface area contributed by atoms with Gasteiger partial charge in [-0.05, 0) is 49.9 Å². The molecule has 1 aliphatic heterocycles. The van der Waals surface area contributed by atoms with Crippen LogP contribution in [-0.2, 0) is 4.79 Å². The molecule has 1 saturated carbocycles. The van der Waals surface area contributed by atoms with Gasteiger partial charge in [-0.15, -0.1) is 0 Å². The molecule has 116 valence electrons. The molecule has 20 heavy (non-hydrogen) atoms. The molecule has 0 aromatic carbocycles. The summed E-state index contributed by atoms with van der Waals surface area (Å²) in [5, 5.41) is 8.89. The number of carbonyl (C=O) groups is 1. The van der Waals surface area contributed by atoms with Crippen LogP contribution in [0.15, 0.2) is 0 Å². The van der Waals surface area contributed by atoms with Crippen LogP contribution in [0.3, 0.4) is 0 Å². The van der Waals surface area contributed by atoms with E-state index in [9.17, 15) is 4.79 Å². The molecule has 0 amide bonds. The topological polar surface area (TPSA) is 43.8 Å². The second-order valence-electron chi connectivity index (χ2n) is 7.04. The van der Waals surface area contributed by atoms with Gasteiger partial charge in [0.15, 0.2) is 0 Å². The van der Waals surface area contributed by atoms with Crippen molar-refractivity contribution in [3.63, 3.8) is 0 Å². The maximum Gasteiger partial charge on any atom is 0.317 e. The third kappa shape index (κ3) is 4.74. The molecule has 0 unspecified atom stereocenters. The molecule has 1 heterocycles. The van der Waals surface area contributed by atoms with Crippen LogP contribution in [0, 0.1) is 17.8 Å². The lowest BCUT2D eigenvalue weighted by Crippen LogP contribution is -2.48. The van der Waals surface area contributed by atoms with E-state index in [1.807, 2.05) is 0 Å². The summed E-state index contributed by atoms with van der Waals surface area (Å²) in [6, 6.07) is 0. The van der Waals surface area contributed by atoms with Crippen LogP contribution in [0.2, 0.25) is 0 Å². The number of carboxylic acid groups (broad SMARTS) is 1. The fourth-order valence-corrected chi connectivity index (χ4v) is 3.81. The minimum absolute atomic E-state index is 0.191. The second-order valence-corrected chi connectivity index (χ2v) is 7.04. The molecule has 0 aromatic rings. The summed E-state index contributed by atoms with van der Waals surface area (Å²) in [5.41, 5.74) is 0. The molecule has 0 aromatic heterocycles. The van der Waals surface area contributed by atoms with Gasteiger partial charge in [0.2, 0.25) is 0 Å². The van der Waals surface area contributed by atoms with Gasteiger partial charge >= 0.3 is 5.97 Å². The van der Waals surface area contributed by atoms with E-state index in [1.54, 1.807) is 0 Å². The highest BCUT2D eigenvalue weighted by molar-refractivity contribution is 5.69. The summed E-state index contributed by atoms with van der Waals surface area (Å²) in [5.74, 6) is 1.88. The average molecular weight is 282 g/mol. The maximum absolute atomic E-state index is 10.8. The van der Waals surface area contributed by atoms with E-state index in [4.69, 9.17) is 5.11 Å². The highest BCUT2D eigenvalue weighted by Gasteiger charge is 2.26. The van der Waals surface area contributed by atoms with Crippen molar-refractivity contribution in [2.45, 2.75) is 46.0 Å². The molecule has 0 radical (unpaired) electrons. The Morgan fingerprint density at radius 2 is 1.80 bits per heavy atom. The van der Waals surface area contributed by atoms with Gasteiger partial charge < -0.3 is 5.11 Å². The van der Waals surface area contributed by atoms with Crippen LogP contribution >= 0.6 is 0 Å². The van der Waals surface area contributed by atoms with Crippen molar-refractivity contribution in [3.8, 4) is 0 Å². The number of hydrogen-bond acceptors (Lipinski definition) is 3. The van der Waals surface area contributed by atoms with E-state index in [0.29, 0.717) is 0 Å². The van der Waals surface area contributed by atoms with Crippen LogP contribution in [0.5, 0.6) is 0 Å². The van der Waals surface area contributed by atoms with Crippen LogP contribution in [0.25, 0.3) is 0 Å². The lowest BCUT2D eigenvalue weighted by atomic mass is 9.77. The third-order valence-electron chi connectivity index (χ3n) is 5.06. The van der Waals surface area contributed by atoms with Crippen molar-refractivity contribution in [1.82, 2.24) is 9.80 Å². The van der Waals surface area contributed by atoms with Crippen molar-refractivity contribution in [3.05, 3.63) is 0 Å². The molecule has 0 spiro atoms. The van der Waals surface area contributed by atoms with Gasteiger partial charge in [0.1, 0.15) is 0 Å². The van der Waals surface area contributed by atoms with Crippen molar-refractivity contribution in [2.75, 3.05) is 32.8 Å². The van der Waals surface area contributed by atoms with Crippen molar-refractivity contribution >= 4 is 5.97 Å². The Balaban J connectivity index is 1.72. The molecular formula is C16H30N2O2. The van der Waals surface area contributed by atoms with E-state index in [2.05, 4.69) is 23.6 Å². The molecule has 2 aliphatic rings. The summed E-state index contributed by atoms with van der Waals surface area (Å²) < 4.78 is 0. The number of nitrogens with zero attached hydrogens (tertiary/aromatic N) is 2. The molecule has 1 saturated heterocycles. The normalized spacial score (nSPS) is 29.8. The van der Waals surface area contributed by atoms with Crippen LogP contribution in [0.1, 0.15) is 46.0 Å². The molecule has 1 aliphatic carbocycles. The summed E-state index contributed by atoms with van der Waals surface area (Å²) in [6.07, 6.45) is 6.59. The maximum atomic E-state index is 10.8. The van der Waals surface area contributed by atoms with Gasteiger partial charge in [-0.25, -0.2) is 0 Å². The van der Waals surface area contributed by atoms with Gasteiger partial charge in [-0.3, -0.25) is 14.6 Å². The lowest BCUT2D eigenvalue weighted by molar-refractivity contribution is -0.139. The first kappa shape index (κ1) is 15.8. The zero-order valence-electron chi connectivity index (χ0n) is 13.1. The Labute approximate surface area is 123 Å². The Morgan fingerprint density at radius 1 is 1.15 bits per heavy atom. The highest BCUT2D eigenvalue weighted by Crippen LogP contribution is 2.33. The molecule has 0 atom stereocenters. The summed E-state index contributed by atoms with van der Waals surface area (Å²) in [7, 11) is 0. The van der Waals surface area contributed by atoms with Crippen molar-refractivity contribution < 1.29 is 9.90 Å². The van der Waals surface area contributed by atoms with Crippen molar-refractivity contribution in [1.29, 1.82) is 0 Å². The van der Waals surface area contributed by atoms with E-state index < -0.39 is 5.97 Å². The molecule has 0 bridgehead atoms. The van der Waals surface area contributed by atoms with Gasteiger partial charge in [0.25, 0.3) is 0 Å². The summed E-state index contributed by atoms with van der Waals surface area (Å²) >= 11 is 0. The standard InChI is InChI=1S/C16H30N2O2/c1-13(2)15-6-4-14(5-7-15)10-17-8-3-9-18(12-17)11-16(19)20/h13-15H,3-12H2,1-2H3,(H,19,20). The van der Waals surface area contributed by atoms with Gasteiger partial charge in [0.05, 0.1) is 13.2 Å². The number of rotatable bonds is 5. The minimum atomic E-state index is -0.704. The number of carboxylic acids is 1. The molecule has 2 rings (SSSR count). The Kier molecular flexibility index (Phi) is 5.85. The first-order valence-electron chi connectivity index (χ1n) is 8.21. The number of hydrogen-bond donors (Lipinski definition) is 1. The Hall–Kier alpha value is -0.610. The predicted octanol–water partition coefficient (Wildman–Crippen LogP) is 2.50. The molecule has 4 nitrogen and oxygen atoms in total. The zero-order valence-corrected chi connectivity index (χ0v) is 13.1. The summed E-state index contributed by atoms with van der Waals surface area (Å²) in [6.45, 7) is 8.97. The second kappa shape index (κ2) is 7.41. The predicted molar refractivity (Wildman–Crippen MR) is 80.6 cm³/mol. The first-order chi connectivity index (χ1) is 9.54. The van der Waals surface area contributed by atoms with Crippen LogP contribution in [0.4, 0.5) is 0 Å². The molecule has 2 fully saturated rings. The van der Waals surface area contributed by atoms with Gasteiger partial charge in [-0.1, -0.05) is 13.8 Å². The van der Waals surface area contributed by atoms with Crippen molar-refractivity contribution in [2.24, 2.45) is 17.8 Å². The quantitative estimate of drug-likeness (QED) is 0.841. The van der Waals surface area contributed by atoms with Gasteiger partial charge in [0, 0.05) is 19.6 Å². The van der Waals surface area contributed by atoms with E-state index in [1.165, 1.54) is 32.2 Å². The Morgan fingerprint density at radius 3 is 2.40 bits per heavy atom. The Bertz CT molecular complexity index is 312. The monoisotopic (exact) mass is 282 g/mol. The SMILES string of the molecule is CC(C)C1CCC(CN2CCCN(CC(=O)O)C2)CC1. The lowest BCUT2D eigenvalue weighted by Gasteiger charge is -2.38. The first-order valence-corrected chi connectivity index (χ1v) is 8.21. The average Bonchev–Trinajstić information content (AvgIpc) is 2.39. The van der Waals surface area contributed by atoms with E-state index >= 15 is 0 Å². The molecule has 1 N–H and O–H groups in total. The van der Waals surface area contributed by atoms with Gasteiger partial charge in [-0.2, -0.15) is 0 Å². The smallest absolute Gasteiger partial charge is 0.317 e. The fourth-order valence-electron chi connectivity index (χ4n) is 3.81. The number of aliphatic carboxylic acids is 1. The minimum Gasteiger partial charge on any atom is -0.480 e.